The van der Waals surface area contributed by atoms with Crippen molar-refractivity contribution in [3.63, 3.8) is 0 Å². The second-order valence-corrected chi connectivity index (χ2v) is 13.3. The molecule has 3 amide bonds. The predicted octanol–water partition coefficient (Wildman–Crippen LogP) is 4.78. The maximum Gasteiger partial charge on any atom is 0.407 e. The van der Waals surface area contributed by atoms with E-state index in [1.54, 1.807) is 40.1 Å². The van der Waals surface area contributed by atoms with Gasteiger partial charge in [-0.25, -0.2) is 14.5 Å². The highest BCUT2D eigenvalue weighted by Crippen LogP contribution is 2.33. The van der Waals surface area contributed by atoms with Crippen molar-refractivity contribution in [1.29, 1.82) is 0 Å². The third-order valence-corrected chi connectivity index (χ3v) is 8.47. The van der Waals surface area contributed by atoms with Gasteiger partial charge in [0.15, 0.2) is 6.23 Å². The number of piperidine rings is 1. The van der Waals surface area contributed by atoms with Crippen molar-refractivity contribution in [1.82, 2.24) is 25.4 Å². The number of alkyl carbamates (subject to hydrolysis) is 1. The molecule has 14 nitrogen and oxygen atoms in total. The smallest absolute Gasteiger partial charge is 0.407 e. The number of anilines is 2. The molecule has 1 aromatic carbocycles. The van der Waals surface area contributed by atoms with Gasteiger partial charge in [0, 0.05) is 56.7 Å². The number of benzene rings is 1. The Balaban J connectivity index is 1.07. The topological polar surface area (TPSA) is 158 Å². The number of rotatable bonds is 13. The van der Waals surface area contributed by atoms with Crippen molar-refractivity contribution >= 4 is 29.3 Å². The molecule has 0 saturated carbocycles. The van der Waals surface area contributed by atoms with Crippen molar-refractivity contribution in [2.24, 2.45) is 5.92 Å². The Bertz CT molecular complexity index is 1590. The molecule has 3 N–H and O–H groups in total. The van der Waals surface area contributed by atoms with E-state index in [0.717, 1.165) is 30.6 Å². The number of carbonyl (C=O) groups is 3. The lowest BCUT2D eigenvalue weighted by molar-refractivity contribution is -0.125. The summed E-state index contributed by atoms with van der Waals surface area (Å²) in [5.41, 5.74) is 2.64. The van der Waals surface area contributed by atoms with Crippen LogP contribution >= 0.6 is 0 Å². The Kier molecular flexibility index (Phi) is 12.7. The zero-order valence-electron chi connectivity index (χ0n) is 29.4. The number of pyridine rings is 1. The molecular formula is C36H49N7O7. The molecule has 4 heterocycles. The first kappa shape index (κ1) is 36.6. The SMILES string of the molecule is COc1cc(N2CCC(C(=O)NCCOCCNC(=O)OC(C)(C)C)CC2)ccc1NC(=O)c1cccc(-c2ccnn2C2CCCCO2)n1. The normalized spacial score (nSPS) is 16.8. The van der Waals surface area contributed by atoms with Gasteiger partial charge in [0.25, 0.3) is 5.91 Å². The molecule has 0 bridgehead atoms. The maximum atomic E-state index is 13.3. The van der Waals surface area contributed by atoms with E-state index in [-0.39, 0.29) is 29.7 Å². The van der Waals surface area contributed by atoms with Gasteiger partial charge in [-0.15, -0.1) is 0 Å². The van der Waals surface area contributed by atoms with Crippen LogP contribution in [0.4, 0.5) is 16.2 Å². The summed E-state index contributed by atoms with van der Waals surface area (Å²) in [4.78, 5) is 44.6. The predicted molar refractivity (Wildman–Crippen MR) is 188 cm³/mol. The van der Waals surface area contributed by atoms with E-state index in [1.165, 1.54) is 0 Å². The van der Waals surface area contributed by atoms with Gasteiger partial charge in [0.05, 0.1) is 37.4 Å². The van der Waals surface area contributed by atoms with Crippen molar-refractivity contribution < 1.29 is 33.3 Å². The number of methoxy groups -OCH3 is 1. The number of nitrogens with one attached hydrogen (secondary N) is 3. The lowest BCUT2D eigenvalue weighted by atomic mass is 9.95. The summed E-state index contributed by atoms with van der Waals surface area (Å²) < 4.78 is 24.1. The van der Waals surface area contributed by atoms with E-state index in [2.05, 4.69) is 30.9 Å². The number of hydrogen-bond acceptors (Lipinski definition) is 10. The Hall–Kier alpha value is -4.69. The number of aromatic nitrogens is 3. The highest BCUT2D eigenvalue weighted by atomic mass is 16.6. The van der Waals surface area contributed by atoms with Gasteiger partial charge < -0.3 is 39.8 Å². The first-order valence-corrected chi connectivity index (χ1v) is 17.3. The minimum Gasteiger partial charge on any atom is -0.494 e. The van der Waals surface area contributed by atoms with Crippen molar-refractivity contribution in [2.75, 3.05) is 63.3 Å². The molecule has 3 aromatic rings. The molecule has 2 saturated heterocycles. The minimum atomic E-state index is -0.549. The lowest BCUT2D eigenvalue weighted by Gasteiger charge is -2.33. The van der Waals surface area contributed by atoms with Gasteiger partial charge in [0.2, 0.25) is 5.91 Å². The molecule has 2 aliphatic heterocycles. The summed E-state index contributed by atoms with van der Waals surface area (Å²) in [6.07, 6.45) is 5.52. The quantitative estimate of drug-likeness (QED) is 0.213. The van der Waals surface area contributed by atoms with Gasteiger partial charge in [-0.05, 0) is 83.2 Å². The van der Waals surface area contributed by atoms with Crippen molar-refractivity contribution in [3.05, 3.63) is 54.4 Å². The summed E-state index contributed by atoms with van der Waals surface area (Å²) in [6, 6.07) is 12.9. The summed E-state index contributed by atoms with van der Waals surface area (Å²) in [5, 5.41) is 13.0. The van der Waals surface area contributed by atoms with Crippen LogP contribution in [0.15, 0.2) is 48.7 Å². The highest BCUT2D eigenvalue weighted by Gasteiger charge is 2.26. The fourth-order valence-corrected chi connectivity index (χ4v) is 5.97. The van der Waals surface area contributed by atoms with Crippen molar-refractivity contribution in [3.8, 4) is 17.1 Å². The van der Waals surface area contributed by atoms with Crippen LogP contribution in [-0.4, -0.2) is 91.4 Å². The van der Waals surface area contributed by atoms with E-state index in [0.29, 0.717) is 76.0 Å². The van der Waals surface area contributed by atoms with E-state index in [1.807, 2.05) is 41.1 Å². The first-order valence-electron chi connectivity index (χ1n) is 17.3. The number of carbonyl (C=O) groups excluding carboxylic acids is 3. The second-order valence-electron chi connectivity index (χ2n) is 13.3. The molecule has 270 valence electrons. The summed E-state index contributed by atoms with van der Waals surface area (Å²) in [5.74, 6) is 0.103. The molecule has 0 radical (unpaired) electrons. The number of amides is 3. The van der Waals surface area contributed by atoms with Gasteiger partial charge in [-0.1, -0.05) is 6.07 Å². The zero-order valence-corrected chi connectivity index (χ0v) is 29.4. The van der Waals surface area contributed by atoms with Crippen LogP contribution in [0.3, 0.4) is 0 Å². The largest absolute Gasteiger partial charge is 0.494 e. The molecule has 1 unspecified atom stereocenters. The van der Waals surface area contributed by atoms with E-state index >= 15 is 0 Å². The van der Waals surface area contributed by atoms with Gasteiger partial charge in [-0.2, -0.15) is 5.10 Å². The van der Waals surface area contributed by atoms with E-state index in [4.69, 9.17) is 18.9 Å². The second kappa shape index (κ2) is 17.3. The van der Waals surface area contributed by atoms with Gasteiger partial charge in [0.1, 0.15) is 17.0 Å². The number of ether oxygens (including phenoxy) is 4. The molecule has 0 spiro atoms. The van der Waals surface area contributed by atoms with Gasteiger partial charge >= 0.3 is 6.09 Å². The third-order valence-electron chi connectivity index (χ3n) is 8.47. The van der Waals surface area contributed by atoms with Crippen LogP contribution in [0.25, 0.3) is 11.4 Å². The highest BCUT2D eigenvalue weighted by molar-refractivity contribution is 6.04. The van der Waals surface area contributed by atoms with Gasteiger partial charge in [-0.3, -0.25) is 9.59 Å². The van der Waals surface area contributed by atoms with Crippen LogP contribution in [0.2, 0.25) is 0 Å². The fourth-order valence-electron chi connectivity index (χ4n) is 5.97. The molecule has 5 rings (SSSR count). The monoisotopic (exact) mass is 691 g/mol. The summed E-state index contributed by atoms with van der Waals surface area (Å²) >= 11 is 0. The molecule has 0 aliphatic carbocycles. The van der Waals surface area contributed by atoms with Crippen LogP contribution in [0, 0.1) is 5.92 Å². The molecule has 1 atom stereocenters. The molecule has 14 heteroatoms. The standard InChI is InChI=1S/C36H49N7O7/c1-36(2,3)50-35(46)38-18-23-48-22-17-37-33(44)25-14-19-42(20-15-25)26-11-12-28(31(24-26)47-4)41-34(45)29-9-7-8-27(40-29)30-13-16-39-43(30)32-10-5-6-21-49-32/h7-9,11-13,16,24-25,32H,5-6,10,14-15,17-23H2,1-4H3,(H,37,44)(H,38,46)(H,41,45). The average molecular weight is 692 g/mol. The first-order chi connectivity index (χ1) is 24.1. The van der Waals surface area contributed by atoms with Crippen LogP contribution in [0.5, 0.6) is 5.75 Å². The lowest BCUT2D eigenvalue weighted by Crippen LogP contribution is -2.41. The Labute approximate surface area is 293 Å². The molecule has 2 aromatic heterocycles. The number of nitrogens with zero attached hydrogens (tertiary/aromatic N) is 4. The van der Waals surface area contributed by atoms with E-state index in [9.17, 15) is 14.4 Å². The molecule has 50 heavy (non-hydrogen) atoms. The van der Waals surface area contributed by atoms with E-state index < -0.39 is 11.7 Å². The Morgan fingerprint density at radius 1 is 0.980 bits per heavy atom. The van der Waals surface area contributed by atoms with Crippen LogP contribution in [-0.2, 0) is 19.0 Å². The Morgan fingerprint density at radius 2 is 1.76 bits per heavy atom. The van der Waals surface area contributed by atoms with Crippen molar-refractivity contribution in [2.45, 2.75) is 64.7 Å². The molecule has 2 fully saturated rings. The molecule has 2 aliphatic rings. The average Bonchev–Trinajstić information content (AvgIpc) is 3.61. The number of hydrogen-bond donors (Lipinski definition) is 3. The third kappa shape index (κ3) is 10.2. The van der Waals surface area contributed by atoms with Crippen LogP contribution < -0.4 is 25.6 Å². The Morgan fingerprint density at radius 3 is 2.48 bits per heavy atom. The summed E-state index contributed by atoms with van der Waals surface area (Å²) in [6.45, 7) is 8.94. The fraction of sp³-hybridized carbons (Fsp3) is 0.528. The zero-order chi connectivity index (χ0) is 35.5. The van der Waals surface area contributed by atoms with Crippen LogP contribution in [0.1, 0.15) is 69.6 Å². The summed E-state index contributed by atoms with van der Waals surface area (Å²) in [7, 11) is 1.57. The minimum absolute atomic E-state index is 0.0141. The molecular weight excluding hydrogens is 642 g/mol. The maximum absolute atomic E-state index is 13.3.